The molecule has 146 valence electrons. The number of thiophene rings is 1. The van der Waals surface area contributed by atoms with Crippen LogP contribution in [0.25, 0.3) is 15.9 Å². The van der Waals surface area contributed by atoms with Crippen LogP contribution < -0.4 is 14.2 Å². The van der Waals surface area contributed by atoms with Gasteiger partial charge in [0, 0.05) is 28.7 Å². The Morgan fingerprint density at radius 2 is 2.03 bits per heavy atom. The molecule has 0 amide bonds. The largest absolute Gasteiger partial charge is 0.469 e. The van der Waals surface area contributed by atoms with Gasteiger partial charge in [-0.2, -0.15) is 0 Å². The molecule has 0 radical (unpaired) electrons. The maximum Gasteiger partial charge on any atom is 0.231 e. The summed E-state index contributed by atoms with van der Waals surface area (Å²) in [6.45, 7) is 4.03. The average molecular weight is 407 g/mol. The number of hydrogen-bond acceptors (Lipinski definition) is 7. The quantitative estimate of drug-likeness (QED) is 0.464. The maximum atomic E-state index is 12.9. The zero-order chi connectivity index (χ0) is 20.0. The summed E-state index contributed by atoms with van der Waals surface area (Å²) in [5, 5.41) is 2.74. The highest BCUT2D eigenvalue weighted by atomic mass is 32.1. The minimum absolute atomic E-state index is 0.0899. The number of ether oxygens (including phenoxy) is 3. The SMILES string of the molecule is Cc1cc(C(=O)COc2ncnc3sccc23)c(C)n1-c1ccc2c(c1)OCO2. The first-order valence-electron chi connectivity index (χ1n) is 9.05. The summed E-state index contributed by atoms with van der Waals surface area (Å²) in [5.74, 6) is 1.75. The number of fused-ring (bicyclic) bond motifs is 2. The van der Waals surface area contributed by atoms with Crippen molar-refractivity contribution in [1.82, 2.24) is 14.5 Å². The van der Waals surface area contributed by atoms with Crippen molar-refractivity contribution in [3.8, 4) is 23.1 Å². The Morgan fingerprint density at radius 3 is 2.93 bits per heavy atom. The summed E-state index contributed by atoms with van der Waals surface area (Å²) in [7, 11) is 0. The van der Waals surface area contributed by atoms with Crippen LogP contribution in [0, 0.1) is 13.8 Å². The molecule has 8 heteroatoms. The Labute approximate surface area is 170 Å². The van der Waals surface area contributed by atoms with Gasteiger partial charge in [0.1, 0.15) is 11.2 Å². The van der Waals surface area contributed by atoms with Gasteiger partial charge >= 0.3 is 0 Å². The third-order valence-electron chi connectivity index (χ3n) is 4.91. The molecule has 0 aliphatic carbocycles. The number of hydrogen-bond donors (Lipinski definition) is 0. The molecule has 0 saturated heterocycles. The zero-order valence-corrected chi connectivity index (χ0v) is 16.7. The van der Waals surface area contributed by atoms with Gasteiger partial charge in [0.25, 0.3) is 0 Å². The van der Waals surface area contributed by atoms with Crippen LogP contribution in [-0.2, 0) is 0 Å². The Kier molecular flexibility index (Phi) is 4.21. The number of benzene rings is 1. The van der Waals surface area contributed by atoms with Crippen molar-refractivity contribution in [1.29, 1.82) is 0 Å². The zero-order valence-electron chi connectivity index (χ0n) is 15.8. The number of carbonyl (C=O) groups is 1. The molecule has 0 fully saturated rings. The fourth-order valence-corrected chi connectivity index (χ4v) is 4.28. The fraction of sp³-hybridized carbons (Fsp3) is 0.190. The molecule has 1 aromatic carbocycles. The predicted molar refractivity (Wildman–Crippen MR) is 109 cm³/mol. The predicted octanol–water partition coefficient (Wildman–Crippen LogP) is 4.09. The maximum absolute atomic E-state index is 12.9. The van der Waals surface area contributed by atoms with E-state index >= 15 is 0 Å². The number of ketones is 1. The van der Waals surface area contributed by atoms with Crippen molar-refractivity contribution >= 4 is 27.3 Å². The monoisotopic (exact) mass is 407 g/mol. The van der Waals surface area contributed by atoms with E-state index in [0.717, 1.165) is 33.0 Å². The molecule has 0 N–H and O–H groups in total. The molecule has 5 rings (SSSR count). The molecule has 1 aliphatic heterocycles. The van der Waals surface area contributed by atoms with Crippen LogP contribution in [0.5, 0.6) is 17.4 Å². The van der Waals surface area contributed by atoms with Gasteiger partial charge in [0.15, 0.2) is 18.1 Å². The number of aryl methyl sites for hydroxylation is 1. The molecule has 0 bridgehead atoms. The van der Waals surface area contributed by atoms with Crippen molar-refractivity contribution in [3.63, 3.8) is 0 Å². The molecule has 0 spiro atoms. The second-order valence-electron chi connectivity index (χ2n) is 6.69. The Hall–Kier alpha value is -3.39. The van der Waals surface area contributed by atoms with Gasteiger partial charge in [-0.25, -0.2) is 9.97 Å². The Bertz CT molecular complexity index is 1240. The van der Waals surface area contributed by atoms with E-state index in [1.54, 1.807) is 0 Å². The molecule has 3 aromatic heterocycles. The Balaban J connectivity index is 1.41. The molecule has 29 heavy (non-hydrogen) atoms. The van der Waals surface area contributed by atoms with Gasteiger partial charge in [-0.1, -0.05) is 0 Å². The molecule has 4 heterocycles. The lowest BCUT2D eigenvalue weighted by Crippen LogP contribution is -2.13. The van der Waals surface area contributed by atoms with E-state index in [-0.39, 0.29) is 19.2 Å². The van der Waals surface area contributed by atoms with Crippen LogP contribution in [0.15, 0.2) is 42.0 Å². The highest BCUT2D eigenvalue weighted by molar-refractivity contribution is 7.16. The van der Waals surface area contributed by atoms with Crippen LogP contribution in [0.3, 0.4) is 0 Å². The lowest BCUT2D eigenvalue weighted by molar-refractivity contribution is 0.0918. The van der Waals surface area contributed by atoms with Gasteiger partial charge in [0.2, 0.25) is 18.5 Å². The molecule has 0 unspecified atom stereocenters. The van der Waals surface area contributed by atoms with Crippen molar-refractivity contribution < 1.29 is 19.0 Å². The van der Waals surface area contributed by atoms with E-state index in [1.807, 2.05) is 54.1 Å². The minimum Gasteiger partial charge on any atom is -0.469 e. The van der Waals surface area contributed by atoms with Crippen LogP contribution in [0.2, 0.25) is 0 Å². The van der Waals surface area contributed by atoms with E-state index in [2.05, 4.69) is 9.97 Å². The summed E-state index contributed by atoms with van der Waals surface area (Å²) >= 11 is 1.51. The first-order chi connectivity index (χ1) is 14.1. The van der Waals surface area contributed by atoms with E-state index in [4.69, 9.17) is 14.2 Å². The summed E-state index contributed by atoms with van der Waals surface area (Å²) in [4.78, 5) is 22.1. The number of aromatic nitrogens is 3. The van der Waals surface area contributed by atoms with Crippen molar-refractivity contribution in [2.24, 2.45) is 0 Å². The standard InChI is InChI=1S/C21H17N3O4S/c1-12-7-16(13(2)24(12)14-3-4-18-19(8-14)28-11-27-18)17(25)9-26-20-15-5-6-29-21(15)23-10-22-20/h3-8,10H,9,11H2,1-2H3. The van der Waals surface area contributed by atoms with Crippen molar-refractivity contribution in [3.05, 3.63) is 59.0 Å². The highest BCUT2D eigenvalue weighted by Gasteiger charge is 2.20. The van der Waals surface area contributed by atoms with Crippen molar-refractivity contribution in [2.45, 2.75) is 13.8 Å². The van der Waals surface area contributed by atoms with Gasteiger partial charge in [-0.05, 0) is 43.5 Å². The normalized spacial score (nSPS) is 12.5. The van der Waals surface area contributed by atoms with Gasteiger partial charge in [-0.3, -0.25) is 4.79 Å². The number of carbonyl (C=O) groups excluding carboxylic acids is 1. The van der Waals surface area contributed by atoms with E-state index in [0.29, 0.717) is 17.2 Å². The summed E-state index contributed by atoms with van der Waals surface area (Å²) < 4.78 is 18.6. The molecule has 7 nitrogen and oxygen atoms in total. The van der Waals surface area contributed by atoms with Gasteiger partial charge < -0.3 is 18.8 Å². The van der Waals surface area contributed by atoms with Crippen molar-refractivity contribution in [2.75, 3.05) is 13.4 Å². The topological polar surface area (TPSA) is 75.5 Å². The van der Waals surface area contributed by atoms with Gasteiger partial charge in [-0.15, -0.1) is 11.3 Å². The Morgan fingerprint density at radius 1 is 1.17 bits per heavy atom. The number of Topliss-reactive ketones (excluding diaryl/α,β-unsaturated/α-hetero) is 1. The lowest BCUT2D eigenvalue weighted by atomic mass is 10.1. The van der Waals surface area contributed by atoms with E-state index < -0.39 is 0 Å². The second-order valence-corrected chi connectivity index (χ2v) is 7.58. The number of nitrogens with zero attached hydrogens (tertiary/aromatic N) is 3. The van der Waals surface area contributed by atoms with E-state index in [9.17, 15) is 4.79 Å². The van der Waals surface area contributed by atoms with E-state index in [1.165, 1.54) is 17.7 Å². The third kappa shape index (κ3) is 3.01. The smallest absolute Gasteiger partial charge is 0.231 e. The molecule has 0 saturated carbocycles. The molecule has 4 aromatic rings. The molecular weight excluding hydrogens is 390 g/mol. The minimum atomic E-state index is -0.105. The first kappa shape index (κ1) is 17.7. The second kappa shape index (κ2) is 6.89. The first-order valence-corrected chi connectivity index (χ1v) is 9.93. The molecule has 0 atom stereocenters. The molecular formula is C21H17N3O4S. The van der Waals surface area contributed by atoms with Crippen LogP contribution in [0.4, 0.5) is 0 Å². The lowest BCUT2D eigenvalue weighted by Gasteiger charge is -2.11. The summed E-state index contributed by atoms with van der Waals surface area (Å²) in [6.07, 6.45) is 1.45. The fourth-order valence-electron chi connectivity index (χ4n) is 3.56. The summed E-state index contributed by atoms with van der Waals surface area (Å²) in [5.41, 5.74) is 3.33. The number of rotatable bonds is 5. The average Bonchev–Trinajstić information content (AvgIpc) is 3.44. The van der Waals surface area contributed by atoms with Gasteiger partial charge in [0.05, 0.1) is 5.39 Å². The highest BCUT2D eigenvalue weighted by Crippen LogP contribution is 2.35. The van der Waals surface area contributed by atoms with Crippen LogP contribution in [0.1, 0.15) is 21.7 Å². The van der Waals surface area contributed by atoms with Crippen LogP contribution in [-0.4, -0.2) is 33.7 Å². The van der Waals surface area contributed by atoms with Crippen LogP contribution >= 0.6 is 11.3 Å². The third-order valence-corrected chi connectivity index (χ3v) is 5.73. The molecule has 1 aliphatic rings. The summed E-state index contributed by atoms with van der Waals surface area (Å²) in [6, 6.07) is 9.52.